The van der Waals surface area contributed by atoms with Crippen LogP contribution >= 0.6 is 11.3 Å². The van der Waals surface area contributed by atoms with Crippen LogP contribution in [-0.4, -0.2) is 22.4 Å². The van der Waals surface area contributed by atoms with Gasteiger partial charge in [0.15, 0.2) is 0 Å². The van der Waals surface area contributed by atoms with Crippen molar-refractivity contribution in [2.24, 2.45) is 0 Å². The first-order valence-electron chi connectivity index (χ1n) is 3.20. The Bertz CT molecular complexity index is 260. The third kappa shape index (κ3) is 1.80. The molecule has 3 nitrogen and oxygen atoms in total. The largest absolute Gasteiger partial charge is 0.479 e. The molecule has 2 unspecified atom stereocenters. The molecule has 0 spiro atoms. The third-order valence-electron chi connectivity index (χ3n) is 1.40. The lowest BCUT2D eigenvalue weighted by Gasteiger charge is -2.09. The number of aliphatic hydroxyl groups excluding tert-OH is 1. The monoisotopic (exact) mass is 190 g/mol. The van der Waals surface area contributed by atoms with Crippen LogP contribution < -0.4 is 0 Å². The predicted octanol–water partition coefficient (Wildman–Crippen LogP) is 1.20. The maximum absolute atomic E-state index is 12.6. The van der Waals surface area contributed by atoms with Crippen molar-refractivity contribution < 1.29 is 19.4 Å². The second-order valence-electron chi connectivity index (χ2n) is 2.24. The first kappa shape index (κ1) is 9.15. The van der Waals surface area contributed by atoms with Crippen molar-refractivity contribution in [2.45, 2.75) is 12.3 Å². The number of carbonyl (C=O) groups is 1. The fourth-order valence-electron chi connectivity index (χ4n) is 0.747. The topological polar surface area (TPSA) is 57.5 Å². The minimum absolute atomic E-state index is 0.301. The molecule has 1 heterocycles. The molecule has 0 amide bonds. The average Bonchev–Trinajstić information content (AvgIpc) is 2.53. The van der Waals surface area contributed by atoms with Crippen molar-refractivity contribution in [1.82, 2.24) is 0 Å². The Hall–Kier alpha value is -0.940. The van der Waals surface area contributed by atoms with Gasteiger partial charge in [-0.3, -0.25) is 0 Å². The normalized spacial score (nSPS) is 15.5. The number of halogens is 1. The van der Waals surface area contributed by atoms with Gasteiger partial charge in [-0.1, -0.05) is 0 Å². The van der Waals surface area contributed by atoms with E-state index in [0.717, 1.165) is 0 Å². The zero-order chi connectivity index (χ0) is 9.14. The van der Waals surface area contributed by atoms with Gasteiger partial charge in [-0.2, -0.15) is 11.3 Å². The molecule has 2 atom stereocenters. The van der Waals surface area contributed by atoms with Crippen molar-refractivity contribution in [3.8, 4) is 0 Å². The molecule has 0 saturated heterocycles. The van der Waals surface area contributed by atoms with E-state index >= 15 is 0 Å². The predicted molar refractivity (Wildman–Crippen MR) is 41.8 cm³/mol. The molecule has 0 aliphatic carbocycles. The summed E-state index contributed by atoms with van der Waals surface area (Å²) in [5.41, 5.74) is 0.301. The van der Waals surface area contributed by atoms with E-state index in [2.05, 4.69) is 0 Å². The molecule has 0 aliphatic heterocycles. The molecule has 1 aromatic heterocycles. The molecular weight excluding hydrogens is 183 g/mol. The van der Waals surface area contributed by atoms with Crippen LogP contribution in [0.4, 0.5) is 4.39 Å². The van der Waals surface area contributed by atoms with Gasteiger partial charge in [0, 0.05) is 0 Å². The summed E-state index contributed by atoms with van der Waals surface area (Å²) in [6.45, 7) is 0. The molecule has 12 heavy (non-hydrogen) atoms. The van der Waals surface area contributed by atoms with E-state index < -0.39 is 18.2 Å². The fourth-order valence-corrected chi connectivity index (χ4v) is 1.44. The highest BCUT2D eigenvalue weighted by Crippen LogP contribution is 2.21. The van der Waals surface area contributed by atoms with Gasteiger partial charge in [0.25, 0.3) is 0 Å². The zero-order valence-corrected chi connectivity index (χ0v) is 6.79. The van der Waals surface area contributed by atoms with E-state index in [1.165, 1.54) is 22.8 Å². The highest BCUT2D eigenvalue weighted by Gasteiger charge is 2.27. The number of aliphatic carboxylic acids is 1. The van der Waals surface area contributed by atoms with E-state index in [0.29, 0.717) is 5.56 Å². The van der Waals surface area contributed by atoms with Gasteiger partial charge in [-0.15, -0.1) is 0 Å². The molecule has 0 bridgehead atoms. The average molecular weight is 190 g/mol. The Morgan fingerprint density at radius 3 is 2.75 bits per heavy atom. The first-order valence-corrected chi connectivity index (χ1v) is 4.14. The number of thiophene rings is 1. The molecule has 0 aliphatic rings. The number of aliphatic hydroxyl groups is 1. The molecule has 2 N–H and O–H groups in total. The summed E-state index contributed by atoms with van der Waals surface area (Å²) in [5, 5.41) is 20.5. The Morgan fingerprint density at radius 2 is 2.33 bits per heavy atom. The Balaban J connectivity index is 2.71. The van der Waals surface area contributed by atoms with Gasteiger partial charge >= 0.3 is 5.97 Å². The SMILES string of the molecule is O=C(O)C(F)C(O)c1ccsc1. The van der Waals surface area contributed by atoms with Gasteiger partial charge in [0.05, 0.1) is 0 Å². The molecule has 1 aromatic rings. The molecule has 66 valence electrons. The van der Waals surface area contributed by atoms with E-state index in [4.69, 9.17) is 10.2 Å². The summed E-state index contributed by atoms with van der Waals surface area (Å²) in [5.74, 6) is -1.64. The number of alkyl halides is 1. The third-order valence-corrected chi connectivity index (χ3v) is 2.10. The lowest BCUT2D eigenvalue weighted by Crippen LogP contribution is -2.22. The molecular formula is C7H7FO3S. The van der Waals surface area contributed by atoms with Crippen LogP contribution in [-0.2, 0) is 4.79 Å². The lowest BCUT2D eigenvalue weighted by atomic mass is 10.1. The zero-order valence-electron chi connectivity index (χ0n) is 5.98. The fraction of sp³-hybridized carbons (Fsp3) is 0.286. The second-order valence-corrected chi connectivity index (χ2v) is 3.02. The number of hydrogen-bond acceptors (Lipinski definition) is 3. The number of rotatable bonds is 3. The summed E-state index contributed by atoms with van der Waals surface area (Å²) in [4.78, 5) is 10.1. The smallest absolute Gasteiger partial charge is 0.341 e. The van der Waals surface area contributed by atoms with Crippen LogP contribution in [0.3, 0.4) is 0 Å². The van der Waals surface area contributed by atoms with Crippen molar-refractivity contribution in [2.75, 3.05) is 0 Å². The van der Waals surface area contributed by atoms with Gasteiger partial charge < -0.3 is 10.2 Å². The number of carboxylic acid groups (broad SMARTS) is 1. The molecule has 0 fully saturated rings. The first-order chi connectivity index (χ1) is 5.63. The summed E-state index contributed by atoms with van der Waals surface area (Å²) in [6.07, 6.45) is -3.81. The Morgan fingerprint density at radius 1 is 1.67 bits per heavy atom. The molecule has 0 aromatic carbocycles. The van der Waals surface area contributed by atoms with Crippen LogP contribution in [0.2, 0.25) is 0 Å². The summed E-state index contributed by atoms with van der Waals surface area (Å²) in [6, 6.07) is 1.49. The highest BCUT2D eigenvalue weighted by molar-refractivity contribution is 7.07. The van der Waals surface area contributed by atoms with Crippen LogP contribution in [0.1, 0.15) is 11.7 Å². The molecule has 0 saturated carbocycles. The lowest BCUT2D eigenvalue weighted by molar-refractivity contribution is -0.147. The van der Waals surface area contributed by atoms with Gasteiger partial charge in [-0.25, -0.2) is 9.18 Å². The second kappa shape index (κ2) is 3.64. The highest BCUT2D eigenvalue weighted by atomic mass is 32.1. The summed E-state index contributed by atoms with van der Waals surface area (Å²) >= 11 is 1.28. The number of carboxylic acids is 1. The molecule has 0 radical (unpaired) electrons. The van der Waals surface area contributed by atoms with Gasteiger partial charge in [0.2, 0.25) is 6.17 Å². The van der Waals surface area contributed by atoms with Crippen molar-refractivity contribution in [3.63, 3.8) is 0 Å². The van der Waals surface area contributed by atoms with E-state index in [1.54, 1.807) is 5.38 Å². The van der Waals surface area contributed by atoms with Crippen LogP contribution in [0.25, 0.3) is 0 Å². The van der Waals surface area contributed by atoms with E-state index in [-0.39, 0.29) is 0 Å². The maximum Gasteiger partial charge on any atom is 0.341 e. The van der Waals surface area contributed by atoms with Crippen molar-refractivity contribution in [1.29, 1.82) is 0 Å². The van der Waals surface area contributed by atoms with Crippen molar-refractivity contribution in [3.05, 3.63) is 22.4 Å². The molecule has 5 heteroatoms. The minimum atomic E-state index is -2.25. The van der Waals surface area contributed by atoms with Crippen molar-refractivity contribution >= 4 is 17.3 Å². The number of hydrogen-bond donors (Lipinski definition) is 2. The van der Waals surface area contributed by atoms with E-state index in [1.807, 2.05) is 0 Å². The minimum Gasteiger partial charge on any atom is -0.479 e. The summed E-state index contributed by atoms with van der Waals surface area (Å²) < 4.78 is 12.6. The van der Waals surface area contributed by atoms with Gasteiger partial charge in [-0.05, 0) is 22.4 Å². The Kier molecular flexibility index (Phi) is 2.78. The summed E-state index contributed by atoms with van der Waals surface area (Å²) in [7, 11) is 0. The van der Waals surface area contributed by atoms with E-state index in [9.17, 15) is 9.18 Å². The maximum atomic E-state index is 12.6. The quantitative estimate of drug-likeness (QED) is 0.753. The van der Waals surface area contributed by atoms with Crippen LogP contribution in [0.5, 0.6) is 0 Å². The standard InChI is InChI=1S/C7H7FO3S/c8-5(7(10)11)6(9)4-1-2-12-3-4/h1-3,5-6,9H,(H,10,11). The Labute approximate surface area is 72.1 Å². The molecule has 1 rings (SSSR count). The van der Waals surface area contributed by atoms with Crippen LogP contribution in [0.15, 0.2) is 16.8 Å². The van der Waals surface area contributed by atoms with Gasteiger partial charge in [0.1, 0.15) is 6.10 Å². The van der Waals surface area contributed by atoms with Crippen LogP contribution in [0, 0.1) is 0 Å².